The summed E-state index contributed by atoms with van der Waals surface area (Å²) < 4.78 is 13.2. The van der Waals surface area contributed by atoms with Gasteiger partial charge in [-0.2, -0.15) is 0 Å². The number of ether oxygens (including phenoxy) is 2. The number of carbonyl (C=O) groups is 2. The molecule has 0 aliphatic carbocycles. The number of hydrogen-bond donors (Lipinski definition) is 0. The zero-order valence-electron chi connectivity index (χ0n) is 17.0. The van der Waals surface area contributed by atoms with Crippen molar-refractivity contribution in [2.45, 2.75) is 13.8 Å². The Balaban J connectivity index is 1.41. The van der Waals surface area contributed by atoms with Gasteiger partial charge in [-0.15, -0.1) is 0 Å². The Labute approximate surface area is 193 Å². The summed E-state index contributed by atoms with van der Waals surface area (Å²) in [5, 5.41) is 0. The van der Waals surface area contributed by atoms with Crippen molar-refractivity contribution in [1.82, 2.24) is 9.80 Å². The molecule has 0 bridgehead atoms. The first-order valence-corrected chi connectivity index (χ1v) is 11.3. The predicted octanol–water partition coefficient (Wildman–Crippen LogP) is 3.96. The first-order valence-electron chi connectivity index (χ1n) is 9.67. The van der Waals surface area contributed by atoms with E-state index in [1.54, 1.807) is 9.80 Å². The molecule has 1 aliphatic rings. The highest BCUT2D eigenvalue weighted by atomic mass is 79.9. The van der Waals surface area contributed by atoms with Crippen molar-refractivity contribution in [3.63, 3.8) is 0 Å². The zero-order valence-corrected chi connectivity index (χ0v) is 20.2. The lowest BCUT2D eigenvalue weighted by Crippen LogP contribution is -2.52. The first-order chi connectivity index (χ1) is 14.3. The molecule has 0 atom stereocenters. The summed E-state index contributed by atoms with van der Waals surface area (Å²) in [5.74, 6) is 1.17. The maximum absolute atomic E-state index is 12.4. The number of halogens is 2. The molecule has 3 rings (SSSR count). The van der Waals surface area contributed by atoms with Crippen LogP contribution < -0.4 is 9.47 Å². The van der Waals surface area contributed by atoms with E-state index in [2.05, 4.69) is 31.9 Å². The summed E-state index contributed by atoms with van der Waals surface area (Å²) in [7, 11) is 0. The van der Waals surface area contributed by atoms with Crippen LogP contribution >= 0.6 is 31.9 Å². The Morgan fingerprint density at radius 1 is 0.767 bits per heavy atom. The van der Waals surface area contributed by atoms with Gasteiger partial charge in [0.25, 0.3) is 11.8 Å². The molecule has 1 saturated heterocycles. The molecule has 0 saturated carbocycles. The van der Waals surface area contributed by atoms with Crippen molar-refractivity contribution in [2.75, 3.05) is 39.4 Å². The van der Waals surface area contributed by atoms with Crippen LogP contribution in [0, 0.1) is 13.8 Å². The minimum Gasteiger partial charge on any atom is -0.484 e. The van der Waals surface area contributed by atoms with Crippen LogP contribution in [0.15, 0.2) is 45.3 Å². The van der Waals surface area contributed by atoms with Gasteiger partial charge in [0.1, 0.15) is 11.5 Å². The van der Waals surface area contributed by atoms with E-state index in [1.807, 2.05) is 50.2 Å². The molecule has 0 N–H and O–H groups in total. The van der Waals surface area contributed by atoms with E-state index in [9.17, 15) is 9.59 Å². The van der Waals surface area contributed by atoms with Gasteiger partial charge in [0.2, 0.25) is 0 Å². The average molecular weight is 540 g/mol. The van der Waals surface area contributed by atoms with Gasteiger partial charge < -0.3 is 19.3 Å². The highest BCUT2D eigenvalue weighted by molar-refractivity contribution is 9.10. The van der Waals surface area contributed by atoms with Gasteiger partial charge in [-0.3, -0.25) is 9.59 Å². The van der Waals surface area contributed by atoms with E-state index in [4.69, 9.17) is 9.47 Å². The van der Waals surface area contributed by atoms with Gasteiger partial charge in [-0.05, 0) is 61.4 Å². The van der Waals surface area contributed by atoms with Gasteiger partial charge in [0.05, 0.1) is 0 Å². The molecule has 2 aromatic rings. The predicted molar refractivity (Wildman–Crippen MR) is 122 cm³/mol. The summed E-state index contributed by atoms with van der Waals surface area (Å²) in [6.45, 7) is 5.88. The lowest BCUT2D eigenvalue weighted by atomic mass is 10.2. The molecule has 2 amide bonds. The number of carbonyl (C=O) groups excluding carboxylic acids is 2. The summed E-state index contributed by atoms with van der Waals surface area (Å²) >= 11 is 6.89. The molecular formula is C22H24Br2N2O4. The number of aryl methyl sites for hydroxylation is 2. The molecule has 0 aromatic heterocycles. The molecule has 6 nitrogen and oxygen atoms in total. The number of nitrogens with zero attached hydrogens (tertiary/aromatic N) is 2. The maximum Gasteiger partial charge on any atom is 0.260 e. The highest BCUT2D eigenvalue weighted by Crippen LogP contribution is 2.22. The number of piperazine rings is 1. The fraction of sp³-hybridized carbons (Fsp3) is 0.364. The number of hydrogen-bond acceptors (Lipinski definition) is 4. The second-order valence-corrected chi connectivity index (χ2v) is 8.87. The Morgan fingerprint density at radius 2 is 1.13 bits per heavy atom. The molecule has 1 aliphatic heterocycles. The Morgan fingerprint density at radius 3 is 1.47 bits per heavy atom. The van der Waals surface area contributed by atoms with Gasteiger partial charge in [-0.25, -0.2) is 0 Å². The fourth-order valence-corrected chi connectivity index (χ4v) is 3.59. The number of amides is 2. The fourth-order valence-electron chi connectivity index (χ4n) is 3.09. The van der Waals surface area contributed by atoms with Gasteiger partial charge in [-0.1, -0.05) is 31.9 Å². The van der Waals surface area contributed by atoms with Crippen molar-refractivity contribution in [3.8, 4) is 11.5 Å². The Bertz CT molecular complexity index is 852. The smallest absolute Gasteiger partial charge is 0.260 e. The molecule has 2 aromatic carbocycles. The highest BCUT2D eigenvalue weighted by Gasteiger charge is 2.24. The van der Waals surface area contributed by atoms with E-state index < -0.39 is 0 Å². The maximum atomic E-state index is 12.4. The second kappa shape index (κ2) is 10.3. The SMILES string of the molecule is Cc1cc(OCC(=O)N2CCN(C(=O)COc3ccc(Br)c(C)c3)CC2)ccc1Br. The second-order valence-electron chi connectivity index (χ2n) is 7.16. The number of rotatable bonds is 6. The third-order valence-electron chi connectivity index (χ3n) is 4.97. The first kappa shape index (κ1) is 22.6. The van der Waals surface area contributed by atoms with Crippen LogP contribution in [-0.4, -0.2) is 61.0 Å². The van der Waals surface area contributed by atoms with Crippen LogP contribution in [0.4, 0.5) is 0 Å². The van der Waals surface area contributed by atoms with Crippen molar-refractivity contribution < 1.29 is 19.1 Å². The number of benzene rings is 2. The van der Waals surface area contributed by atoms with Crippen LogP contribution in [-0.2, 0) is 9.59 Å². The van der Waals surface area contributed by atoms with Crippen molar-refractivity contribution in [3.05, 3.63) is 56.5 Å². The molecule has 1 heterocycles. The normalized spacial score (nSPS) is 13.9. The van der Waals surface area contributed by atoms with E-state index in [1.165, 1.54) is 0 Å². The van der Waals surface area contributed by atoms with Crippen LogP contribution in [0.1, 0.15) is 11.1 Å². The molecular weight excluding hydrogens is 516 g/mol. The van der Waals surface area contributed by atoms with Crippen LogP contribution in [0.3, 0.4) is 0 Å². The van der Waals surface area contributed by atoms with Gasteiger partial charge in [0.15, 0.2) is 13.2 Å². The molecule has 0 unspecified atom stereocenters. The molecule has 0 spiro atoms. The molecule has 30 heavy (non-hydrogen) atoms. The van der Waals surface area contributed by atoms with Crippen LogP contribution in [0.2, 0.25) is 0 Å². The van der Waals surface area contributed by atoms with Crippen molar-refractivity contribution >= 4 is 43.7 Å². The standard InChI is InChI=1S/C22H24Br2N2O4/c1-15-11-17(3-5-19(15)23)29-13-21(27)25-7-9-26(10-8-25)22(28)14-30-18-4-6-20(24)16(2)12-18/h3-6,11-12H,7-10,13-14H2,1-2H3. The Kier molecular flexibility index (Phi) is 7.77. The van der Waals surface area contributed by atoms with Gasteiger partial charge >= 0.3 is 0 Å². The summed E-state index contributed by atoms with van der Waals surface area (Å²) in [4.78, 5) is 28.3. The third kappa shape index (κ3) is 5.98. The summed E-state index contributed by atoms with van der Waals surface area (Å²) in [5.41, 5.74) is 2.10. The van der Waals surface area contributed by atoms with Crippen molar-refractivity contribution in [1.29, 1.82) is 0 Å². The minimum atomic E-state index is -0.0794. The van der Waals surface area contributed by atoms with Crippen molar-refractivity contribution in [2.24, 2.45) is 0 Å². The average Bonchev–Trinajstić information content (AvgIpc) is 2.75. The molecule has 8 heteroatoms. The Hall–Kier alpha value is -2.06. The largest absolute Gasteiger partial charge is 0.484 e. The van der Waals surface area contributed by atoms with Crippen LogP contribution in [0.5, 0.6) is 11.5 Å². The summed E-state index contributed by atoms with van der Waals surface area (Å²) in [6, 6.07) is 11.2. The third-order valence-corrected chi connectivity index (χ3v) is 6.75. The monoisotopic (exact) mass is 538 g/mol. The lowest BCUT2D eigenvalue weighted by Gasteiger charge is -2.34. The van der Waals surface area contributed by atoms with Gasteiger partial charge in [0, 0.05) is 35.1 Å². The minimum absolute atomic E-state index is 0.0128. The zero-order chi connectivity index (χ0) is 21.7. The quantitative estimate of drug-likeness (QED) is 0.557. The molecule has 1 fully saturated rings. The topological polar surface area (TPSA) is 59.1 Å². The van der Waals surface area contributed by atoms with E-state index in [0.717, 1.165) is 20.1 Å². The lowest BCUT2D eigenvalue weighted by molar-refractivity contribution is -0.141. The van der Waals surface area contributed by atoms with Crippen LogP contribution in [0.25, 0.3) is 0 Å². The van der Waals surface area contributed by atoms with E-state index >= 15 is 0 Å². The molecule has 160 valence electrons. The molecule has 0 radical (unpaired) electrons. The van der Waals surface area contributed by atoms with E-state index in [-0.39, 0.29) is 25.0 Å². The van der Waals surface area contributed by atoms with E-state index in [0.29, 0.717) is 37.7 Å². The summed E-state index contributed by atoms with van der Waals surface area (Å²) in [6.07, 6.45) is 0.